The maximum absolute atomic E-state index is 12.6. The number of carbonyl (C=O) groups excluding carboxylic acids is 2. The minimum atomic E-state index is -0.667. The van der Waals surface area contributed by atoms with Gasteiger partial charge in [0.15, 0.2) is 0 Å². The van der Waals surface area contributed by atoms with Gasteiger partial charge in [-0.05, 0) is 77.0 Å². The summed E-state index contributed by atoms with van der Waals surface area (Å²) in [5.74, 6) is -0.0218. The van der Waals surface area contributed by atoms with Crippen molar-refractivity contribution in [2.24, 2.45) is 0 Å². The Balaban J connectivity index is 3.39. The zero-order valence-corrected chi connectivity index (χ0v) is 55.0. The predicted octanol–water partition coefficient (Wildman–Crippen LogP) is 24.1. The minimum absolute atomic E-state index is 0.0116. The zero-order chi connectivity index (χ0) is 58.5. The second kappa shape index (κ2) is 70.8. The molecule has 3 N–H and O–H groups in total. The molecular formula is C75H145NO5. The van der Waals surface area contributed by atoms with Gasteiger partial charge in [0.1, 0.15) is 0 Å². The predicted molar refractivity (Wildman–Crippen MR) is 356 cm³/mol. The van der Waals surface area contributed by atoms with Gasteiger partial charge in [-0.2, -0.15) is 0 Å². The van der Waals surface area contributed by atoms with E-state index in [0.29, 0.717) is 25.9 Å². The third-order valence-corrected chi connectivity index (χ3v) is 17.5. The fourth-order valence-corrected chi connectivity index (χ4v) is 11.8. The summed E-state index contributed by atoms with van der Waals surface area (Å²) < 4.78 is 5.51. The van der Waals surface area contributed by atoms with E-state index in [2.05, 4.69) is 43.5 Å². The molecule has 2 unspecified atom stereocenters. The summed E-state index contributed by atoms with van der Waals surface area (Å²) in [5.41, 5.74) is 0. The topological polar surface area (TPSA) is 95.9 Å². The first-order valence-electron chi connectivity index (χ1n) is 37.1. The Labute approximate surface area is 507 Å². The van der Waals surface area contributed by atoms with Gasteiger partial charge in [0, 0.05) is 12.8 Å². The van der Waals surface area contributed by atoms with Crippen molar-refractivity contribution in [1.82, 2.24) is 5.32 Å². The summed E-state index contributed by atoms with van der Waals surface area (Å²) in [6.07, 6.45) is 89.5. The van der Waals surface area contributed by atoms with Crippen molar-refractivity contribution in [1.29, 1.82) is 0 Å². The van der Waals surface area contributed by atoms with E-state index in [0.717, 1.165) is 44.9 Å². The molecule has 0 saturated heterocycles. The monoisotopic (exact) mass is 1140 g/mol. The van der Waals surface area contributed by atoms with Crippen LogP contribution in [0.3, 0.4) is 0 Å². The number of allylic oxidation sites excluding steroid dienone is 4. The highest BCUT2D eigenvalue weighted by atomic mass is 16.5. The van der Waals surface area contributed by atoms with E-state index >= 15 is 0 Å². The van der Waals surface area contributed by atoms with E-state index in [1.54, 1.807) is 0 Å². The molecule has 0 saturated carbocycles. The molecular weight excluding hydrogens is 995 g/mol. The molecule has 0 aromatic rings. The number of carbonyl (C=O) groups is 2. The van der Waals surface area contributed by atoms with Gasteiger partial charge in [0.25, 0.3) is 0 Å². The Kier molecular flexibility index (Phi) is 69.4. The van der Waals surface area contributed by atoms with Crippen LogP contribution in [-0.4, -0.2) is 47.4 Å². The van der Waals surface area contributed by atoms with Crippen molar-refractivity contribution in [3.63, 3.8) is 0 Å². The largest absolute Gasteiger partial charge is 0.466 e. The molecule has 1 amide bonds. The first-order valence-corrected chi connectivity index (χ1v) is 37.1. The highest BCUT2D eigenvalue weighted by Crippen LogP contribution is 2.19. The standard InChI is InChI=1S/C75H145NO5/c1-3-5-7-9-11-13-15-17-19-21-23-29-32-35-39-43-47-51-55-59-63-67-73(78)72(71-77)76-74(79)68-64-60-56-52-48-44-40-36-33-30-27-25-24-26-28-31-34-38-42-46-50-54-58-62-66-70-81-75(80)69-65-61-57-53-49-45-41-37-22-20-18-16-14-12-10-8-6-4-2/h20,22,25,27,72-73,77-78H,3-19,21,23-24,26,28-71H2,1-2H3,(H,76,79)/b22-20-,27-25-. The lowest BCUT2D eigenvalue weighted by Gasteiger charge is -2.22. The number of hydrogen-bond donors (Lipinski definition) is 3. The summed E-state index contributed by atoms with van der Waals surface area (Å²) in [6, 6.07) is -0.545. The fourth-order valence-electron chi connectivity index (χ4n) is 11.8. The van der Waals surface area contributed by atoms with Gasteiger partial charge in [0.05, 0.1) is 25.4 Å². The molecule has 0 aromatic carbocycles. The van der Waals surface area contributed by atoms with Gasteiger partial charge in [-0.1, -0.05) is 353 Å². The summed E-state index contributed by atoms with van der Waals surface area (Å²) >= 11 is 0. The maximum Gasteiger partial charge on any atom is 0.305 e. The molecule has 0 fully saturated rings. The Morgan fingerprint density at radius 2 is 0.580 bits per heavy atom. The molecule has 0 heterocycles. The Morgan fingerprint density at radius 1 is 0.333 bits per heavy atom. The number of ether oxygens (including phenoxy) is 1. The molecule has 0 spiro atoms. The first kappa shape index (κ1) is 79.3. The van der Waals surface area contributed by atoms with Crippen molar-refractivity contribution in [2.75, 3.05) is 13.2 Å². The van der Waals surface area contributed by atoms with Crippen molar-refractivity contribution in [3.8, 4) is 0 Å². The Hall–Kier alpha value is -1.66. The fraction of sp³-hybridized carbons (Fsp3) is 0.920. The van der Waals surface area contributed by atoms with E-state index in [1.807, 2.05) is 0 Å². The van der Waals surface area contributed by atoms with Gasteiger partial charge in [-0.15, -0.1) is 0 Å². The first-order chi connectivity index (χ1) is 40.0. The molecule has 0 aliphatic rings. The van der Waals surface area contributed by atoms with Crippen LogP contribution in [0, 0.1) is 0 Å². The Morgan fingerprint density at radius 3 is 0.877 bits per heavy atom. The normalized spacial score (nSPS) is 12.6. The number of amides is 1. The second-order valence-electron chi connectivity index (χ2n) is 25.6. The van der Waals surface area contributed by atoms with Gasteiger partial charge < -0.3 is 20.3 Å². The highest BCUT2D eigenvalue weighted by Gasteiger charge is 2.20. The van der Waals surface area contributed by atoms with E-state index in [-0.39, 0.29) is 18.5 Å². The van der Waals surface area contributed by atoms with Crippen LogP contribution in [-0.2, 0) is 14.3 Å². The molecule has 81 heavy (non-hydrogen) atoms. The number of unbranched alkanes of at least 4 members (excludes halogenated alkanes) is 55. The molecule has 6 nitrogen and oxygen atoms in total. The van der Waals surface area contributed by atoms with Crippen LogP contribution in [0.25, 0.3) is 0 Å². The van der Waals surface area contributed by atoms with Gasteiger partial charge in [-0.3, -0.25) is 9.59 Å². The number of aliphatic hydroxyl groups is 2. The molecule has 0 aromatic heterocycles. The zero-order valence-electron chi connectivity index (χ0n) is 55.0. The van der Waals surface area contributed by atoms with Gasteiger partial charge >= 0.3 is 5.97 Å². The number of esters is 1. The molecule has 2 atom stereocenters. The summed E-state index contributed by atoms with van der Waals surface area (Å²) in [5, 5.41) is 23.4. The number of hydrogen-bond acceptors (Lipinski definition) is 5. The third-order valence-electron chi connectivity index (χ3n) is 17.5. The smallest absolute Gasteiger partial charge is 0.305 e. The second-order valence-corrected chi connectivity index (χ2v) is 25.6. The van der Waals surface area contributed by atoms with Crippen molar-refractivity contribution < 1.29 is 24.5 Å². The summed E-state index contributed by atoms with van der Waals surface area (Å²) in [6.45, 7) is 4.99. The van der Waals surface area contributed by atoms with Crippen molar-refractivity contribution >= 4 is 11.9 Å². The van der Waals surface area contributed by atoms with Crippen LogP contribution in [0.4, 0.5) is 0 Å². The lowest BCUT2D eigenvalue weighted by atomic mass is 10.0. The lowest BCUT2D eigenvalue weighted by molar-refractivity contribution is -0.143. The van der Waals surface area contributed by atoms with E-state index in [1.165, 1.54) is 340 Å². The highest BCUT2D eigenvalue weighted by molar-refractivity contribution is 5.76. The number of nitrogens with one attached hydrogen (secondary N) is 1. The molecule has 0 radical (unpaired) electrons. The van der Waals surface area contributed by atoms with Crippen molar-refractivity contribution in [2.45, 2.75) is 431 Å². The van der Waals surface area contributed by atoms with Crippen LogP contribution >= 0.6 is 0 Å². The summed E-state index contributed by atoms with van der Waals surface area (Å²) in [7, 11) is 0. The third kappa shape index (κ3) is 67.3. The molecule has 0 aliphatic carbocycles. The molecule has 0 rings (SSSR count). The van der Waals surface area contributed by atoms with Gasteiger partial charge in [-0.25, -0.2) is 0 Å². The minimum Gasteiger partial charge on any atom is -0.466 e. The SMILES string of the molecule is CCCCCCCCC/C=C\CCCCCCCCCC(=O)OCCCCCCCCCCCCCC/C=C\CCCCCCCCCCCC(=O)NC(CO)C(O)CCCCCCCCCCCCCCCCCCCCCCC. The van der Waals surface area contributed by atoms with Crippen LogP contribution in [0.2, 0.25) is 0 Å². The van der Waals surface area contributed by atoms with E-state index < -0.39 is 12.1 Å². The van der Waals surface area contributed by atoms with Crippen molar-refractivity contribution in [3.05, 3.63) is 24.3 Å². The summed E-state index contributed by atoms with van der Waals surface area (Å²) in [4.78, 5) is 24.7. The molecule has 0 bridgehead atoms. The average Bonchev–Trinajstić information content (AvgIpc) is 3.47. The van der Waals surface area contributed by atoms with Gasteiger partial charge in [0.2, 0.25) is 5.91 Å². The van der Waals surface area contributed by atoms with E-state index in [4.69, 9.17) is 4.74 Å². The van der Waals surface area contributed by atoms with Crippen LogP contribution in [0.15, 0.2) is 24.3 Å². The van der Waals surface area contributed by atoms with Crippen LogP contribution < -0.4 is 5.32 Å². The van der Waals surface area contributed by atoms with Crippen LogP contribution in [0.1, 0.15) is 418 Å². The van der Waals surface area contributed by atoms with Crippen LogP contribution in [0.5, 0.6) is 0 Å². The number of aliphatic hydroxyl groups excluding tert-OH is 2. The average molecular weight is 1140 g/mol. The molecule has 0 aliphatic heterocycles. The molecule has 6 heteroatoms. The lowest BCUT2D eigenvalue weighted by Crippen LogP contribution is -2.45. The quantitative estimate of drug-likeness (QED) is 0.0320. The van der Waals surface area contributed by atoms with E-state index in [9.17, 15) is 19.8 Å². The number of rotatable bonds is 70. The molecule has 480 valence electrons. The Bertz CT molecular complexity index is 1270. The maximum atomic E-state index is 12.6.